The van der Waals surface area contributed by atoms with Gasteiger partial charge in [-0.05, 0) is 43.0 Å². The van der Waals surface area contributed by atoms with Crippen LogP contribution in [0, 0.1) is 5.92 Å². The van der Waals surface area contributed by atoms with E-state index >= 15 is 0 Å². The molecule has 1 unspecified atom stereocenters. The Labute approximate surface area is 108 Å². The van der Waals surface area contributed by atoms with Gasteiger partial charge in [-0.1, -0.05) is 18.5 Å². The molecule has 1 atom stereocenters. The van der Waals surface area contributed by atoms with Crippen LogP contribution in [-0.4, -0.2) is 24.1 Å². The minimum absolute atomic E-state index is 0.159. The number of anilines is 1. The van der Waals surface area contributed by atoms with Crippen molar-refractivity contribution in [3.63, 3.8) is 0 Å². The van der Waals surface area contributed by atoms with E-state index in [0.29, 0.717) is 0 Å². The van der Waals surface area contributed by atoms with E-state index in [1.165, 1.54) is 24.9 Å². The number of nitrogens with two attached hydrogens (primary N) is 1. The van der Waals surface area contributed by atoms with E-state index in [4.69, 9.17) is 10.9 Å². The maximum Gasteiger partial charge on any atom is 0.170 e. The molecule has 1 saturated heterocycles. The Hall–Kier alpha value is -1.71. The minimum atomic E-state index is 0.159. The topological polar surface area (TPSA) is 61.8 Å². The summed E-state index contributed by atoms with van der Waals surface area (Å²) in [6.07, 6.45) is 3.86. The molecule has 1 aromatic rings. The fraction of sp³-hybridized carbons (Fsp3) is 0.500. The first-order valence-corrected chi connectivity index (χ1v) is 6.57. The summed E-state index contributed by atoms with van der Waals surface area (Å²) >= 11 is 0. The van der Waals surface area contributed by atoms with Crippen molar-refractivity contribution in [2.45, 2.75) is 26.2 Å². The maximum absolute atomic E-state index is 8.63. The third-order valence-corrected chi connectivity index (χ3v) is 3.73. The number of oxime groups is 1. The number of piperidine rings is 1. The van der Waals surface area contributed by atoms with E-state index in [2.05, 4.69) is 17.0 Å². The number of amidine groups is 1. The minimum Gasteiger partial charge on any atom is -0.409 e. The molecule has 0 aliphatic carbocycles. The molecule has 3 N–H and O–H groups in total. The fourth-order valence-electron chi connectivity index (χ4n) is 2.53. The summed E-state index contributed by atoms with van der Waals surface area (Å²) in [5.41, 5.74) is 7.53. The Morgan fingerprint density at radius 1 is 1.44 bits per heavy atom. The largest absolute Gasteiger partial charge is 0.409 e. The summed E-state index contributed by atoms with van der Waals surface area (Å²) in [6.45, 7) is 4.52. The number of nitrogens with zero attached hydrogens (tertiary/aromatic N) is 2. The normalized spacial score (nSPS) is 21.1. The molecule has 98 valence electrons. The van der Waals surface area contributed by atoms with Crippen molar-refractivity contribution in [3.8, 4) is 0 Å². The number of rotatable bonds is 3. The van der Waals surface area contributed by atoms with Gasteiger partial charge in [0.1, 0.15) is 0 Å². The van der Waals surface area contributed by atoms with Crippen molar-refractivity contribution in [2.24, 2.45) is 16.8 Å². The summed E-state index contributed by atoms with van der Waals surface area (Å²) in [5, 5.41) is 11.6. The summed E-state index contributed by atoms with van der Waals surface area (Å²) in [5.74, 6) is 0.967. The smallest absolute Gasteiger partial charge is 0.170 e. The van der Waals surface area contributed by atoms with Crippen molar-refractivity contribution in [1.29, 1.82) is 0 Å². The van der Waals surface area contributed by atoms with Crippen molar-refractivity contribution >= 4 is 11.5 Å². The predicted octanol–water partition coefficient (Wildman–Crippen LogP) is 2.41. The van der Waals surface area contributed by atoms with Crippen molar-refractivity contribution in [3.05, 3.63) is 29.8 Å². The van der Waals surface area contributed by atoms with E-state index in [1.54, 1.807) is 0 Å². The third kappa shape index (κ3) is 2.75. The van der Waals surface area contributed by atoms with E-state index in [-0.39, 0.29) is 5.84 Å². The van der Waals surface area contributed by atoms with Crippen LogP contribution in [0.4, 0.5) is 5.69 Å². The molecule has 2 rings (SSSR count). The second-order valence-corrected chi connectivity index (χ2v) is 4.89. The van der Waals surface area contributed by atoms with Gasteiger partial charge in [0.25, 0.3) is 0 Å². The average molecular weight is 247 g/mol. The monoisotopic (exact) mass is 247 g/mol. The molecule has 1 fully saturated rings. The van der Waals surface area contributed by atoms with Crippen molar-refractivity contribution in [1.82, 2.24) is 0 Å². The second kappa shape index (κ2) is 5.76. The molecular formula is C14H21N3O. The van der Waals surface area contributed by atoms with Gasteiger partial charge in [-0.2, -0.15) is 0 Å². The van der Waals surface area contributed by atoms with Gasteiger partial charge in [0.2, 0.25) is 0 Å². The van der Waals surface area contributed by atoms with Gasteiger partial charge in [0.05, 0.1) is 0 Å². The SMILES string of the molecule is CCC1CCCN(c2ccc(/C(N)=N/O)cc2)C1. The van der Waals surface area contributed by atoms with Crippen LogP contribution in [0.15, 0.2) is 29.4 Å². The molecular weight excluding hydrogens is 226 g/mol. The highest BCUT2D eigenvalue weighted by molar-refractivity contribution is 5.97. The van der Waals surface area contributed by atoms with Crippen LogP contribution in [0.25, 0.3) is 0 Å². The van der Waals surface area contributed by atoms with Crippen LogP contribution in [0.2, 0.25) is 0 Å². The Morgan fingerprint density at radius 2 is 2.17 bits per heavy atom. The summed E-state index contributed by atoms with van der Waals surface area (Å²) in [7, 11) is 0. The lowest BCUT2D eigenvalue weighted by molar-refractivity contribution is 0.318. The number of hydrogen-bond acceptors (Lipinski definition) is 3. The van der Waals surface area contributed by atoms with E-state index < -0.39 is 0 Å². The van der Waals surface area contributed by atoms with Crippen LogP contribution < -0.4 is 10.6 Å². The van der Waals surface area contributed by atoms with Crippen LogP contribution in [-0.2, 0) is 0 Å². The molecule has 1 aliphatic heterocycles. The molecule has 4 nitrogen and oxygen atoms in total. The molecule has 0 spiro atoms. The molecule has 0 radical (unpaired) electrons. The van der Waals surface area contributed by atoms with Gasteiger partial charge >= 0.3 is 0 Å². The molecule has 1 aliphatic rings. The zero-order chi connectivity index (χ0) is 13.0. The van der Waals surface area contributed by atoms with Gasteiger partial charge in [-0.3, -0.25) is 0 Å². The van der Waals surface area contributed by atoms with Crippen molar-refractivity contribution < 1.29 is 5.21 Å². The first-order chi connectivity index (χ1) is 8.74. The first kappa shape index (κ1) is 12.7. The number of hydrogen-bond donors (Lipinski definition) is 2. The lowest BCUT2D eigenvalue weighted by Gasteiger charge is -2.34. The quantitative estimate of drug-likeness (QED) is 0.373. The van der Waals surface area contributed by atoms with Crippen LogP contribution in [0.3, 0.4) is 0 Å². The Balaban J connectivity index is 2.09. The fourth-order valence-corrected chi connectivity index (χ4v) is 2.53. The zero-order valence-electron chi connectivity index (χ0n) is 10.8. The highest BCUT2D eigenvalue weighted by atomic mass is 16.4. The molecule has 1 aromatic carbocycles. The summed E-state index contributed by atoms with van der Waals surface area (Å²) in [4.78, 5) is 2.42. The van der Waals surface area contributed by atoms with Gasteiger partial charge in [0, 0.05) is 24.3 Å². The molecule has 1 heterocycles. The first-order valence-electron chi connectivity index (χ1n) is 6.57. The van der Waals surface area contributed by atoms with E-state index in [9.17, 15) is 0 Å². The molecule has 4 heteroatoms. The summed E-state index contributed by atoms with van der Waals surface area (Å²) in [6, 6.07) is 7.90. The molecule has 18 heavy (non-hydrogen) atoms. The Kier molecular flexibility index (Phi) is 4.07. The molecule has 0 aromatic heterocycles. The lowest BCUT2D eigenvalue weighted by atomic mass is 9.95. The van der Waals surface area contributed by atoms with Gasteiger partial charge in [-0.25, -0.2) is 0 Å². The highest BCUT2D eigenvalue weighted by Crippen LogP contribution is 2.24. The Morgan fingerprint density at radius 3 is 2.78 bits per heavy atom. The van der Waals surface area contributed by atoms with Gasteiger partial charge in [0.15, 0.2) is 5.84 Å². The van der Waals surface area contributed by atoms with Crippen LogP contribution in [0.5, 0.6) is 0 Å². The average Bonchev–Trinajstić information content (AvgIpc) is 2.46. The maximum atomic E-state index is 8.63. The van der Waals surface area contributed by atoms with Crippen LogP contribution in [0.1, 0.15) is 31.7 Å². The highest BCUT2D eigenvalue weighted by Gasteiger charge is 2.18. The molecule has 0 saturated carbocycles. The van der Waals surface area contributed by atoms with E-state index in [1.807, 2.05) is 24.3 Å². The second-order valence-electron chi connectivity index (χ2n) is 4.89. The summed E-state index contributed by atoms with van der Waals surface area (Å²) < 4.78 is 0. The standard InChI is InChI=1S/C14H21N3O/c1-2-11-4-3-9-17(10-11)13-7-5-12(6-8-13)14(15)16-18/h5-8,11,18H,2-4,9-10H2,1H3,(H2,15,16). The zero-order valence-corrected chi connectivity index (χ0v) is 10.8. The van der Waals surface area contributed by atoms with Gasteiger partial charge < -0.3 is 15.8 Å². The number of benzene rings is 1. The van der Waals surface area contributed by atoms with E-state index in [0.717, 1.165) is 24.6 Å². The Bertz CT molecular complexity index is 414. The molecule has 0 amide bonds. The third-order valence-electron chi connectivity index (χ3n) is 3.73. The van der Waals surface area contributed by atoms with Crippen molar-refractivity contribution in [2.75, 3.05) is 18.0 Å². The lowest BCUT2D eigenvalue weighted by Crippen LogP contribution is -2.35. The van der Waals surface area contributed by atoms with Crippen LogP contribution >= 0.6 is 0 Å². The van der Waals surface area contributed by atoms with Gasteiger partial charge in [-0.15, -0.1) is 0 Å². The predicted molar refractivity (Wildman–Crippen MR) is 74.2 cm³/mol. The molecule has 0 bridgehead atoms.